The molecule has 0 amide bonds. The van der Waals surface area contributed by atoms with E-state index in [-0.39, 0.29) is 0 Å². The largest absolute Gasteiger partial charge is 0.494 e. The van der Waals surface area contributed by atoms with Gasteiger partial charge in [-0.05, 0) is 79.6 Å². The van der Waals surface area contributed by atoms with Gasteiger partial charge in [0.1, 0.15) is 17.6 Å². The molecule has 1 aliphatic carbocycles. The van der Waals surface area contributed by atoms with Crippen LogP contribution < -0.4 is 9.47 Å². The lowest BCUT2D eigenvalue weighted by Gasteiger charge is -2.30. The zero-order valence-electron chi connectivity index (χ0n) is 19.9. The number of unbranched alkanes of at least 4 members (excludes halogenated alkanes) is 2. The van der Waals surface area contributed by atoms with E-state index in [1.165, 1.54) is 6.08 Å². The number of benzene rings is 2. The van der Waals surface area contributed by atoms with Gasteiger partial charge in [0.05, 0.1) is 18.3 Å². The van der Waals surface area contributed by atoms with Gasteiger partial charge in [-0.2, -0.15) is 0 Å². The standard InChI is InChI=1S/C28H34O6/c1-3-4-5-18-32-23-14-10-22(11-15-23)28(31)33-24-12-7-21(8-13-24)9-17-27(30)34-26-19-20(2)6-16-25(26)29/h7-15,17,20,25-26,29H,3-6,16,18-19H2,1-2H3/b17-9+. The van der Waals surface area contributed by atoms with Crippen molar-refractivity contribution in [2.45, 2.75) is 64.6 Å². The molecule has 0 aromatic heterocycles. The second kappa shape index (κ2) is 12.9. The Bertz CT molecular complexity index is 948. The Labute approximate surface area is 201 Å². The Kier molecular flexibility index (Phi) is 9.71. The lowest BCUT2D eigenvalue weighted by molar-refractivity contribution is -0.152. The summed E-state index contributed by atoms with van der Waals surface area (Å²) in [6.45, 7) is 4.90. The summed E-state index contributed by atoms with van der Waals surface area (Å²) in [4.78, 5) is 24.5. The van der Waals surface area contributed by atoms with E-state index in [9.17, 15) is 14.7 Å². The molecular formula is C28H34O6. The summed E-state index contributed by atoms with van der Waals surface area (Å²) in [6.07, 6.45) is 7.48. The SMILES string of the molecule is CCCCCOc1ccc(C(=O)Oc2ccc(/C=C/C(=O)OC3CC(C)CCC3O)cc2)cc1. The van der Waals surface area contributed by atoms with Gasteiger partial charge >= 0.3 is 11.9 Å². The zero-order chi connectivity index (χ0) is 24.3. The highest BCUT2D eigenvalue weighted by Crippen LogP contribution is 2.26. The average Bonchev–Trinajstić information content (AvgIpc) is 2.84. The molecule has 0 spiro atoms. The van der Waals surface area contributed by atoms with E-state index in [0.29, 0.717) is 36.7 Å². The van der Waals surface area contributed by atoms with Gasteiger partial charge in [-0.25, -0.2) is 9.59 Å². The third kappa shape index (κ3) is 8.03. The van der Waals surface area contributed by atoms with E-state index in [1.54, 1.807) is 54.6 Å². The summed E-state index contributed by atoms with van der Waals surface area (Å²) < 4.78 is 16.5. The third-order valence-electron chi connectivity index (χ3n) is 5.90. The number of hydrogen-bond acceptors (Lipinski definition) is 6. The summed E-state index contributed by atoms with van der Waals surface area (Å²) in [5, 5.41) is 10.0. The van der Waals surface area contributed by atoms with Gasteiger partial charge in [0.15, 0.2) is 0 Å². The molecule has 3 unspecified atom stereocenters. The number of carbonyl (C=O) groups excluding carboxylic acids is 2. The van der Waals surface area contributed by atoms with Crippen molar-refractivity contribution in [3.63, 3.8) is 0 Å². The lowest BCUT2D eigenvalue weighted by Crippen LogP contribution is -2.36. The molecule has 2 aromatic carbocycles. The fraction of sp³-hybridized carbons (Fsp3) is 0.429. The van der Waals surface area contributed by atoms with Crippen LogP contribution in [-0.2, 0) is 9.53 Å². The molecule has 1 N–H and O–H groups in total. The maximum atomic E-state index is 12.4. The smallest absolute Gasteiger partial charge is 0.343 e. The van der Waals surface area contributed by atoms with Crippen molar-refractivity contribution in [1.29, 1.82) is 0 Å². The number of carbonyl (C=O) groups is 2. The molecule has 3 rings (SSSR count). The van der Waals surface area contributed by atoms with Gasteiger partial charge in [0.2, 0.25) is 0 Å². The summed E-state index contributed by atoms with van der Waals surface area (Å²) in [6, 6.07) is 13.7. The van der Waals surface area contributed by atoms with Crippen LogP contribution in [0.2, 0.25) is 0 Å². The number of aliphatic hydroxyl groups excluding tert-OH is 1. The van der Waals surface area contributed by atoms with Crippen LogP contribution in [0.1, 0.15) is 68.3 Å². The van der Waals surface area contributed by atoms with Gasteiger partial charge in [-0.3, -0.25) is 0 Å². The normalized spacial score (nSPS) is 20.1. The first-order valence-electron chi connectivity index (χ1n) is 12.1. The first kappa shape index (κ1) is 25.5. The van der Waals surface area contributed by atoms with E-state index >= 15 is 0 Å². The van der Waals surface area contributed by atoms with Crippen molar-refractivity contribution >= 4 is 18.0 Å². The summed E-state index contributed by atoms with van der Waals surface area (Å²) in [5.74, 6) is 0.636. The molecule has 1 aliphatic rings. The highest BCUT2D eigenvalue weighted by molar-refractivity contribution is 5.91. The molecule has 0 aliphatic heterocycles. The van der Waals surface area contributed by atoms with E-state index in [0.717, 1.165) is 37.0 Å². The lowest BCUT2D eigenvalue weighted by atomic mass is 9.86. The second-order valence-corrected chi connectivity index (χ2v) is 8.83. The van der Waals surface area contributed by atoms with Crippen molar-refractivity contribution in [3.05, 3.63) is 65.7 Å². The van der Waals surface area contributed by atoms with Crippen LogP contribution in [0.15, 0.2) is 54.6 Å². The van der Waals surface area contributed by atoms with Crippen molar-refractivity contribution in [3.8, 4) is 11.5 Å². The average molecular weight is 467 g/mol. The minimum Gasteiger partial charge on any atom is -0.494 e. The van der Waals surface area contributed by atoms with Crippen LogP contribution in [-0.4, -0.2) is 35.9 Å². The maximum absolute atomic E-state index is 12.4. The highest BCUT2D eigenvalue weighted by Gasteiger charge is 2.29. The van der Waals surface area contributed by atoms with E-state index in [2.05, 4.69) is 13.8 Å². The van der Waals surface area contributed by atoms with Gasteiger partial charge in [-0.15, -0.1) is 0 Å². The van der Waals surface area contributed by atoms with Crippen LogP contribution in [0, 0.1) is 5.92 Å². The minimum absolute atomic E-state index is 0.406. The molecule has 0 bridgehead atoms. The van der Waals surface area contributed by atoms with Crippen LogP contribution in [0.25, 0.3) is 6.08 Å². The Hall–Kier alpha value is -3.12. The molecule has 1 saturated carbocycles. The molecule has 182 valence electrons. The van der Waals surface area contributed by atoms with Crippen LogP contribution in [0.4, 0.5) is 0 Å². The minimum atomic E-state index is -0.600. The Morgan fingerprint density at radius 3 is 2.41 bits per heavy atom. The molecular weight excluding hydrogens is 432 g/mol. The number of esters is 2. The third-order valence-corrected chi connectivity index (χ3v) is 5.90. The van der Waals surface area contributed by atoms with E-state index in [4.69, 9.17) is 14.2 Å². The van der Waals surface area contributed by atoms with Gasteiger partial charge in [0.25, 0.3) is 0 Å². The highest BCUT2D eigenvalue weighted by atomic mass is 16.6. The zero-order valence-corrected chi connectivity index (χ0v) is 19.9. The Morgan fingerprint density at radius 2 is 1.71 bits per heavy atom. The monoisotopic (exact) mass is 466 g/mol. The second-order valence-electron chi connectivity index (χ2n) is 8.83. The number of rotatable bonds is 10. The molecule has 0 radical (unpaired) electrons. The predicted octanol–water partition coefficient (Wildman–Crippen LogP) is 5.58. The fourth-order valence-electron chi connectivity index (χ4n) is 3.83. The summed E-state index contributed by atoms with van der Waals surface area (Å²) >= 11 is 0. The van der Waals surface area contributed by atoms with Gasteiger partial charge in [-0.1, -0.05) is 38.8 Å². The molecule has 6 nitrogen and oxygen atoms in total. The van der Waals surface area contributed by atoms with Crippen molar-refractivity contribution in [2.24, 2.45) is 5.92 Å². The number of ether oxygens (including phenoxy) is 3. The number of aliphatic hydroxyl groups is 1. The molecule has 6 heteroatoms. The van der Waals surface area contributed by atoms with Gasteiger partial charge < -0.3 is 19.3 Å². The van der Waals surface area contributed by atoms with Crippen molar-refractivity contribution in [1.82, 2.24) is 0 Å². The first-order chi connectivity index (χ1) is 16.4. The summed E-state index contributed by atoms with van der Waals surface area (Å²) in [5.41, 5.74) is 1.20. The number of hydrogen-bond donors (Lipinski definition) is 1. The Morgan fingerprint density at radius 1 is 1.00 bits per heavy atom. The topological polar surface area (TPSA) is 82.1 Å². The maximum Gasteiger partial charge on any atom is 0.343 e. The van der Waals surface area contributed by atoms with Crippen LogP contribution in [0.5, 0.6) is 11.5 Å². The molecule has 2 aromatic rings. The van der Waals surface area contributed by atoms with E-state index < -0.39 is 24.1 Å². The summed E-state index contributed by atoms with van der Waals surface area (Å²) in [7, 11) is 0. The Balaban J connectivity index is 1.47. The van der Waals surface area contributed by atoms with Crippen molar-refractivity contribution in [2.75, 3.05) is 6.61 Å². The van der Waals surface area contributed by atoms with E-state index in [1.807, 2.05) is 0 Å². The molecule has 3 atom stereocenters. The molecule has 34 heavy (non-hydrogen) atoms. The van der Waals surface area contributed by atoms with Gasteiger partial charge in [0, 0.05) is 6.08 Å². The molecule has 0 saturated heterocycles. The van der Waals surface area contributed by atoms with Crippen LogP contribution in [0.3, 0.4) is 0 Å². The first-order valence-corrected chi connectivity index (χ1v) is 12.1. The fourth-order valence-corrected chi connectivity index (χ4v) is 3.83. The van der Waals surface area contributed by atoms with Crippen molar-refractivity contribution < 1.29 is 28.9 Å². The quantitative estimate of drug-likeness (QED) is 0.213. The molecule has 1 fully saturated rings. The molecule has 0 heterocycles. The van der Waals surface area contributed by atoms with Crippen LogP contribution >= 0.6 is 0 Å². The predicted molar refractivity (Wildman–Crippen MR) is 131 cm³/mol.